The number of pyridine rings is 2. The molecule has 8 nitrogen and oxygen atoms in total. The summed E-state index contributed by atoms with van der Waals surface area (Å²) in [6.45, 7) is 1.77. The summed E-state index contributed by atoms with van der Waals surface area (Å²) >= 11 is 0. The first-order valence-corrected chi connectivity index (χ1v) is 8.56. The van der Waals surface area contributed by atoms with Crippen LogP contribution in [0.15, 0.2) is 43.0 Å². The van der Waals surface area contributed by atoms with Gasteiger partial charge in [0.15, 0.2) is 5.65 Å². The summed E-state index contributed by atoms with van der Waals surface area (Å²) in [4.78, 5) is 12.6. The Hall–Kier alpha value is -3.63. The van der Waals surface area contributed by atoms with Crippen molar-refractivity contribution in [3.05, 3.63) is 54.5 Å². The SMILES string of the molecule is COc1nc(Nc2cccn3cc(CC(F)(F)F)nc23)ccc1-n1cnc(C)n1. The molecule has 4 heterocycles. The number of halogens is 3. The van der Waals surface area contributed by atoms with Gasteiger partial charge in [0.2, 0.25) is 5.88 Å². The van der Waals surface area contributed by atoms with Gasteiger partial charge in [-0.25, -0.2) is 14.6 Å². The largest absolute Gasteiger partial charge is 0.479 e. The first kappa shape index (κ1) is 18.7. The van der Waals surface area contributed by atoms with Crippen LogP contribution in [0.5, 0.6) is 5.88 Å². The van der Waals surface area contributed by atoms with Crippen LogP contribution in [0, 0.1) is 6.92 Å². The van der Waals surface area contributed by atoms with Gasteiger partial charge >= 0.3 is 6.18 Å². The summed E-state index contributed by atoms with van der Waals surface area (Å²) in [6.07, 6.45) is -0.868. The molecule has 0 unspecified atom stereocenters. The van der Waals surface area contributed by atoms with E-state index >= 15 is 0 Å². The lowest BCUT2D eigenvalue weighted by atomic mass is 10.3. The van der Waals surface area contributed by atoms with Gasteiger partial charge in [-0.1, -0.05) is 0 Å². The van der Waals surface area contributed by atoms with Crippen LogP contribution in [0.25, 0.3) is 11.3 Å². The molecule has 0 radical (unpaired) electrons. The van der Waals surface area contributed by atoms with Crippen LogP contribution in [0.1, 0.15) is 11.5 Å². The van der Waals surface area contributed by atoms with E-state index < -0.39 is 12.6 Å². The number of methoxy groups -OCH3 is 1. The number of imidazole rings is 1. The van der Waals surface area contributed by atoms with E-state index in [1.54, 1.807) is 48.4 Å². The number of aromatic nitrogens is 6. The molecule has 0 bridgehead atoms. The van der Waals surface area contributed by atoms with Crippen molar-refractivity contribution in [2.45, 2.75) is 19.5 Å². The fourth-order valence-corrected chi connectivity index (χ4v) is 2.88. The van der Waals surface area contributed by atoms with Crippen LogP contribution < -0.4 is 10.1 Å². The highest BCUT2D eigenvalue weighted by molar-refractivity contribution is 5.73. The highest BCUT2D eigenvalue weighted by Crippen LogP contribution is 2.27. The van der Waals surface area contributed by atoms with Crippen LogP contribution in [-0.4, -0.2) is 42.4 Å². The second kappa shape index (κ2) is 7.08. The van der Waals surface area contributed by atoms with Crippen molar-refractivity contribution in [2.75, 3.05) is 12.4 Å². The summed E-state index contributed by atoms with van der Waals surface area (Å²) in [5, 5.41) is 7.32. The molecule has 0 atom stereocenters. The van der Waals surface area contributed by atoms with Gasteiger partial charge in [-0.2, -0.15) is 23.3 Å². The van der Waals surface area contributed by atoms with Gasteiger partial charge in [-0.15, -0.1) is 0 Å². The lowest BCUT2D eigenvalue weighted by Gasteiger charge is -2.11. The number of alkyl halides is 3. The Balaban J connectivity index is 1.66. The van der Waals surface area contributed by atoms with Gasteiger partial charge in [0.05, 0.1) is 24.9 Å². The van der Waals surface area contributed by atoms with Gasteiger partial charge < -0.3 is 14.5 Å². The number of fused-ring (bicyclic) bond motifs is 1. The molecular weight excluding hydrogens is 387 g/mol. The molecule has 0 aliphatic heterocycles. The number of ether oxygens (including phenoxy) is 1. The number of hydrogen-bond donors (Lipinski definition) is 1. The van der Waals surface area contributed by atoms with Gasteiger partial charge in [0.25, 0.3) is 0 Å². The summed E-state index contributed by atoms with van der Waals surface area (Å²) in [7, 11) is 1.48. The number of rotatable bonds is 5. The van der Waals surface area contributed by atoms with Gasteiger partial charge in [0.1, 0.15) is 23.7 Å². The standard InChI is InChI=1S/C18H16F3N7O/c1-11-22-10-28(26-11)14-5-6-15(25-17(14)29-2)24-13-4-3-7-27-9-12(23-16(13)27)8-18(19,20)21/h3-7,9-10H,8H2,1-2H3,(H,24,25). The topological polar surface area (TPSA) is 82.2 Å². The lowest BCUT2D eigenvalue weighted by Crippen LogP contribution is -2.11. The van der Waals surface area contributed by atoms with Crippen LogP contribution >= 0.6 is 0 Å². The molecule has 0 saturated carbocycles. The smallest absolute Gasteiger partial charge is 0.394 e. The third-order valence-corrected chi connectivity index (χ3v) is 4.06. The molecule has 0 aliphatic carbocycles. The lowest BCUT2D eigenvalue weighted by molar-refractivity contribution is -0.127. The Morgan fingerprint density at radius 2 is 2.00 bits per heavy atom. The van der Waals surface area contributed by atoms with Gasteiger partial charge in [0, 0.05) is 12.4 Å². The van der Waals surface area contributed by atoms with Crippen molar-refractivity contribution in [3.63, 3.8) is 0 Å². The molecule has 4 rings (SSSR count). The Kier molecular flexibility index (Phi) is 4.57. The highest BCUT2D eigenvalue weighted by Gasteiger charge is 2.29. The molecule has 0 amide bonds. The minimum atomic E-state index is -4.32. The monoisotopic (exact) mass is 403 g/mol. The predicted octanol–water partition coefficient (Wildman–Crippen LogP) is 3.48. The third-order valence-electron chi connectivity index (χ3n) is 4.06. The van der Waals surface area contributed by atoms with E-state index in [1.165, 1.54) is 17.7 Å². The van der Waals surface area contributed by atoms with E-state index in [-0.39, 0.29) is 5.69 Å². The van der Waals surface area contributed by atoms with Crippen molar-refractivity contribution < 1.29 is 17.9 Å². The summed E-state index contributed by atoms with van der Waals surface area (Å²) in [5.74, 6) is 1.36. The van der Waals surface area contributed by atoms with Crippen LogP contribution in [0.3, 0.4) is 0 Å². The normalized spacial score (nSPS) is 11.8. The molecule has 11 heteroatoms. The first-order chi connectivity index (χ1) is 13.8. The van der Waals surface area contributed by atoms with E-state index in [4.69, 9.17) is 4.74 Å². The molecule has 0 fully saturated rings. The zero-order valence-corrected chi connectivity index (χ0v) is 15.5. The molecule has 1 N–H and O–H groups in total. The zero-order chi connectivity index (χ0) is 20.6. The molecule has 4 aromatic rings. The second-order valence-corrected chi connectivity index (χ2v) is 6.26. The number of aryl methyl sites for hydroxylation is 1. The number of hydrogen-bond acceptors (Lipinski definition) is 6. The van der Waals surface area contributed by atoms with Crippen molar-refractivity contribution in [1.29, 1.82) is 0 Å². The minimum Gasteiger partial charge on any atom is -0.479 e. The maximum atomic E-state index is 12.7. The van der Waals surface area contributed by atoms with Crippen LogP contribution in [0.2, 0.25) is 0 Å². The van der Waals surface area contributed by atoms with E-state index in [1.807, 2.05) is 0 Å². The van der Waals surface area contributed by atoms with Gasteiger partial charge in [-0.3, -0.25) is 0 Å². The number of nitrogens with one attached hydrogen (secondary N) is 1. The Labute approximate surface area is 163 Å². The van der Waals surface area contributed by atoms with Crippen molar-refractivity contribution in [2.24, 2.45) is 0 Å². The van der Waals surface area contributed by atoms with Crippen molar-refractivity contribution in [1.82, 2.24) is 29.1 Å². The Morgan fingerprint density at radius 1 is 1.17 bits per heavy atom. The zero-order valence-electron chi connectivity index (χ0n) is 15.5. The van der Waals surface area contributed by atoms with E-state index in [9.17, 15) is 13.2 Å². The van der Waals surface area contributed by atoms with Gasteiger partial charge in [-0.05, 0) is 31.2 Å². The molecular formula is C18H16F3N7O. The maximum Gasteiger partial charge on any atom is 0.394 e. The van der Waals surface area contributed by atoms with E-state index in [0.29, 0.717) is 34.5 Å². The molecule has 0 aromatic carbocycles. The minimum absolute atomic E-state index is 0.0609. The Morgan fingerprint density at radius 3 is 2.69 bits per heavy atom. The first-order valence-electron chi connectivity index (χ1n) is 8.56. The molecule has 4 aromatic heterocycles. The highest BCUT2D eigenvalue weighted by atomic mass is 19.4. The average Bonchev–Trinajstić information content (AvgIpc) is 3.26. The summed E-state index contributed by atoms with van der Waals surface area (Å²) < 4.78 is 46.5. The van der Waals surface area contributed by atoms with Crippen molar-refractivity contribution in [3.8, 4) is 11.6 Å². The molecule has 0 aliphatic rings. The predicted molar refractivity (Wildman–Crippen MR) is 98.7 cm³/mol. The third kappa shape index (κ3) is 3.98. The quantitative estimate of drug-likeness (QED) is 0.550. The Bertz CT molecular complexity index is 1170. The summed E-state index contributed by atoms with van der Waals surface area (Å²) in [5.41, 5.74) is 1.42. The van der Waals surface area contributed by atoms with E-state index in [2.05, 4.69) is 25.4 Å². The van der Waals surface area contributed by atoms with Crippen LogP contribution in [-0.2, 0) is 6.42 Å². The number of anilines is 2. The molecule has 0 saturated heterocycles. The fraction of sp³-hybridized carbons (Fsp3) is 0.222. The van der Waals surface area contributed by atoms with Crippen molar-refractivity contribution >= 4 is 17.2 Å². The summed E-state index contributed by atoms with van der Waals surface area (Å²) in [6, 6.07) is 6.88. The fourth-order valence-electron chi connectivity index (χ4n) is 2.88. The second-order valence-electron chi connectivity index (χ2n) is 6.26. The average molecular weight is 403 g/mol. The van der Waals surface area contributed by atoms with Crippen LogP contribution in [0.4, 0.5) is 24.7 Å². The molecule has 29 heavy (non-hydrogen) atoms. The number of nitrogens with zero attached hydrogens (tertiary/aromatic N) is 6. The molecule has 0 spiro atoms. The van der Waals surface area contributed by atoms with E-state index in [0.717, 1.165) is 0 Å². The maximum absolute atomic E-state index is 12.7. The molecule has 150 valence electrons.